The smallest absolute Gasteiger partial charge is 0.252 e. The molecule has 2 unspecified atom stereocenters. The van der Waals surface area contributed by atoms with Crippen molar-refractivity contribution in [2.24, 2.45) is 20.3 Å². The lowest BCUT2D eigenvalue weighted by Gasteiger charge is -2.17. The average molecular weight is 455 g/mol. The van der Waals surface area contributed by atoms with E-state index in [1.165, 1.54) is 29.7 Å². The summed E-state index contributed by atoms with van der Waals surface area (Å²) in [5.41, 5.74) is -0.734. The zero-order valence-corrected chi connectivity index (χ0v) is 18.5. The second-order valence-corrected chi connectivity index (χ2v) is 9.19. The van der Waals surface area contributed by atoms with Crippen LogP contribution < -0.4 is 20.9 Å². The van der Waals surface area contributed by atoms with E-state index in [9.17, 15) is 17.4 Å². The van der Waals surface area contributed by atoms with E-state index >= 15 is 0 Å². The van der Waals surface area contributed by atoms with Crippen LogP contribution in [0.1, 0.15) is 20.8 Å². The third kappa shape index (κ3) is 9.72. The van der Waals surface area contributed by atoms with E-state index in [0.717, 1.165) is 0 Å². The largest absolute Gasteiger partial charge is 0.389 e. The fraction of sp³-hybridized carbons (Fsp3) is 0.333. The zero-order chi connectivity index (χ0) is 22.8. The Bertz CT molecular complexity index is 978. The minimum absolute atomic E-state index is 0.0484. The van der Waals surface area contributed by atoms with Gasteiger partial charge in [-0.1, -0.05) is 6.08 Å². The molecule has 1 aromatic carbocycles. The minimum Gasteiger partial charge on any atom is -0.389 e. The van der Waals surface area contributed by atoms with Crippen LogP contribution in [0.15, 0.2) is 62.9 Å². The molecule has 0 heterocycles. The molecule has 0 aliphatic rings. The molecule has 0 bridgehead atoms. The highest BCUT2D eigenvalue weighted by molar-refractivity contribution is 7.89. The summed E-state index contributed by atoms with van der Waals surface area (Å²) in [5.74, 6) is -0.411. The summed E-state index contributed by atoms with van der Waals surface area (Å²) in [6.45, 7) is 5.54. The van der Waals surface area contributed by atoms with Crippen LogP contribution in [-0.4, -0.2) is 42.7 Å². The van der Waals surface area contributed by atoms with E-state index in [0.29, 0.717) is 12.2 Å². The molecule has 0 saturated heterocycles. The molecule has 12 heteroatoms. The van der Waals surface area contributed by atoms with Gasteiger partial charge in [0, 0.05) is 17.6 Å². The first-order valence-electron chi connectivity index (χ1n) is 8.74. The number of amides is 1. The fourth-order valence-corrected chi connectivity index (χ4v) is 2.61. The van der Waals surface area contributed by atoms with Gasteiger partial charge in [-0.25, -0.2) is 32.9 Å². The number of carbonyl (C=O) groups is 1. The highest BCUT2D eigenvalue weighted by atomic mass is 32.2. The predicted molar refractivity (Wildman–Crippen MR) is 118 cm³/mol. The van der Waals surface area contributed by atoms with Crippen molar-refractivity contribution in [2.45, 2.75) is 37.2 Å². The van der Waals surface area contributed by atoms with E-state index in [1.807, 2.05) is 6.92 Å². The summed E-state index contributed by atoms with van der Waals surface area (Å²) >= 11 is 0. The zero-order valence-electron chi connectivity index (χ0n) is 16.9. The number of nitrogens with one attached hydrogen (secondary N) is 2. The molecule has 0 fully saturated rings. The van der Waals surface area contributed by atoms with Gasteiger partial charge in [0.15, 0.2) is 0 Å². The van der Waals surface area contributed by atoms with Crippen molar-refractivity contribution < 1.29 is 17.4 Å². The number of hydrogen-bond acceptors (Lipinski definition) is 7. The highest BCUT2D eigenvalue weighted by Crippen LogP contribution is 2.16. The summed E-state index contributed by atoms with van der Waals surface area (Å²) in [7, 11) is -5.27. The Kier molecular flexibility index (Phi) is 9.76. The Morgan fingerprint density at radius 3 is 2.50 bits per heavy atom. The Hall–Kier alpha value is -2.63. The first-order chi connectivity index (χ1) is 13.9. The quantitative estimate of drug-likeness (QED) is 0.303. The molecule has 1 amide bonds. The minimum atomic E-state index is -3.80. The van der Waals surface area contributed by atoms with Gasteiger partial charge < -0.3 is 10.6 Å². The number of anilines is 1. The molecule has 0 spiro atoms. The van der Waals surface area contributed by atoms with Gasteiger partial charge in [-0.3, -0.25) is 4.79 Å². The molecule has 164 valence electrons. The topological polar surface area (TPSA) is 169 Å². The first kappa shape index (κ1) is 25.4. The van der Waals surface area contributed by atoms with Gasteiger partial charge in [0.25, 0.3) is 5.91 Å². The van der Waals surface area contributed by atoms with Gasteiger partial charge in [0.05, 0.1) is 16.9 Å². The van der Waals surface area contributed by atoms with Crippen LogP contribution in [0.2, 0.25) is 0 Å². The van der Waals surface area contributed by atoms with Gasteiger partial charge >= 0.3 is 0 Å². The molecule has 1 rings (SSSR count). The molecular weight excluding hydrogens is 428 g/mol. The van der Waals surface area contributed by atoms with Crippen LogP contribution in [0, 0.1) is 0 Å². The Morgan fingerprint density at radius 1 is 1.30 bits per heavy atom. The van der Waals surface area contributed by atoms with Crippen molar-refractivity contribution in [3.8, 4) is 0 Å². The molecular formula is C18H26N6O4S2. The summed E-state index contributed by atoms with van der Waals surface area (Å²) in [6, 6.07) is 7.87. The summed E-state index contributed by atoms with van der Waals surface area (Å²) in [6.07, 6.45) is 4.87. The summed E-state index contributed by atoms with van der Waals surface area (Å²) < 4.78 is 33.2. The van der Waals surface area contributed by atoms with Gasteiger partial charge in [-0.15, -0.1) is 0 Å². The maximum Gasteiger partial charge on any atom is 0.252 e. The third-order valence-electron chi connectivity index (χ3n) is 3.56. The SMILES string of the molecule is CC(CN/C=C/C=C/S(N)=O)N=C=NC(C)(C)C(=O)Nc1ccc(S(N)(=O)=O)cc1. The van der Waals surface area contributed by atoms with E-state index < -0.39 is 32.5 Å². The molecule has 1 aromatic rings. The lowest BCUT2D eigenvalue weighted by Crippen LogP contribution is -2.35. The van der Waals surface area contributed by atoms with Crippen LogP contribution >= 0.6 is 0 Å². The maximum atomic E-state index is 12.4. The van der Waals surface area contributed by atoms with Crippen LogP contribution in [0.3, 0.4) is 0 Å². The van der Waals surface area contributed by atoms with Gasteiger partial charge in [-0.2, -0.15) is 0 Å². The number of aliphatic imine (C=N–C) groups is 2. The molecule has 0 radical (unpaired) electrons. The average Bonchev–Trinajstić information content (AvgIpc) is 2.63. The Labute approximate surface area is 178 Å². The van der Waals surface area contributed by atoms with Gasteiger partial charge in [0.2, 0.25) is 10.0 Å². The Morgan fingerprint density at radius 2 is 1.93 bits per heavy atom. The number of rotatable bonds is 10. The highest BCUT2D eigenvalue weighted by Gasteiger charge is 2.26. The number of nitrogens with two attached hydrogens (primary N) is 2. The molecule has 30 heavy (non-hydrogen) atoms. The maximum absolute atomic E-state index is 12.4. The first-order valence-corrected chi connectivity index (χ1v) is 11.6. The third-order valence-corrected chi connectivity index (χ3v) is 4.91. The molecule has 0 aliphatic heterocycles. The number of benzene rings is 1. The van der Waals surface area contributed by atoms with Crippen molar-refractivity contribution >= 4 is 38.6 Å². The lowest BCUT2D eigenvalue weighted by molar-refractivity contribution is -0.119. The molecule has 10 nitrogen and oxygen atoms in total. The van der Waals surface area contributed by atoms with E-state index in [1.54, 1.807) is 32.2 Å². The molecule has 0 saturated carbocycles. The van der Waals surface area contributed by atoms with E-state index in [2.05, 4.69) is 26.6 Å². The number of allylic oxidation sites excluding steroid dienone is 2. The molecule has 6 N–H and O–H groups in total. The fourth-order valence-electron chi connectivity index (χ4n) is 1.85. The van der Waals surface area contributed by atoms with Crippen molar-refractivity contribution in [1.82, 2.24) is 5.32 Å². The summed E-state index contributed by atoms with van der Waals surface area (Å²) in [4.78, 5) is 20.6. The number of carbonyl (C=O) groups excluding carboxylic acids is 1. The molecule has 2 atom stereocenters. The van der Waals surface area contributed by atoms with Crippen LogP contribution in [-0.2, 0) is 25.8 Å². The van der Waals surface area contributed by atoms with Crippen molar-refractivity contribution in [3.63, 3.8) is 0 Å². The van der Waals surface area contributed by atoms with Gasteiger partial charge in [0.1, 0.15) is 16.5 Å². The monoisotopic (exact) mass is 454 g/mol. The number of hydrogen-bond donors (Lipinski definition) is 4. The lowest BCUT2D eigenvalue weighted by atomic mass is 10.1. The van der Waals surface area contributed by atoms with E-state index in [-0.39, 0.29) is 10.9 Å². The van der Waals surface area contributed by atoms with Crippen LogP contribution in [0.25, 0.3) is 0 Å². The van der Waals surface area contributed by atoms with E-state index in [4.69, 9.17) is 10.3 Å². The van der Waals surface area contributed by atoms with Crippen molar-refractivity contribution in [1.29, 1.82) is 0 Å². The Balaban J connectivity index is 2.62. The number of primary sulfonamides is 1. The van der Waals surface area contributed by atoms with Crippen LogP contribution in [0.5, 0.6) is 0 Å². The number of sulfonamides is 1. The van der Waals surface area contributed by atoms with Crippen LogP contribution in [0.4, 0.5) is 5.69 Å². The standard InChI is InChI=1S/C18H26N6O4S2/c1-14(12-21-10-4-5-11-29(19)26)22-13-23-18(2,3)17(25)24-15-6-8-16(9-7-15)30(20,27)28/h4-11,14,21H,12,19H2,1-3H3,(H,24,25)(H2,20,27,28)/b10-4+,11-5+. The normalized spacial score (nSPS) is 14.2. The summed E-state index contributed by atoms with van der Waals surface area (Å²) in [5, 5.41) is 17.1. The molecule has 0 aliphatic carbocycles. The van der Waals surface area contributed by atoms with Gasteiger partial charge in [-0.05, 0) is 57.3 Å². The predicted octanol–water partition coefficient (Wildman–Crippen LogP) is 0.853. The number of nitrogens with zero attached hydrogens (tertiary/aromatic N) is 2. The molecule has 0 aromatic heterocycles. The second-order valence-electron chi connectivity index (χ2n) is 6.70. The van der Waals surface area contributed by atoms with Crippen molar-refractivity contribution in [3.05, 3.63) is 48.0 Å². The van der Waals surface area contributed by atoms with Crippen molar-refractivity contribution in [2.75, 3.05) is 11.9 Å². The second kappa shape index (κ2) is 11.5.